The van der Waals surface area contributed by atoms with Gasteiger partial charge >= 0.3 is 5.97 Å². The number of hydrogen-bond donors (Lipinski definition) is 2. The number of nitrogens with zero attached hydrogens (tertiary/aromatic N) is 2. The number of hydrogen-bond acceptors (Lipinski definition) is 3. The number of nitrogens with one attached hydrogen (secondary N) is 1. The first-order valence-corrected chi connectivity index (χ1v) is 7.63. The number of carbonyl (C=O) groups is 2. The number of aromatic nitrogens is 2. The molecule has 7 heteroatoms. The van der Waals surface area contributed by atoms with Gasteiger partial charge < -0.3 is 10.0 Å². The van der Waals surface area contributed by atoms with Crippen LogP contribution in [0.4, 0.5) is 0 Å². The van der Waals surface area contributed by atoms with Gasteiger partial charge in [0.2, 0.25) is 0 Å². The number of amides is 1. The van der Waals surface area contributed by atoms with Crippen LogP contribution in [-0.4, -0.2) is 45.2 Å². The molecule has 116 valence electrons. The molecule has 0 fully saturated rings. The molecule has 22 heavy (non-hydrogen) atoms. The van der Waals surface area contributed by atoms with Crippen LogP contribution in [0.5, 0.6) is 0 Å². The zero-order chi connectivity index (χ0) is 16.1. The highest BCUT2D eigenvalue weighted by atomic mass is 79.9. The van der Waals surface area contributed by atoms with E-state index in [-0.39, 0.29) is 18.1 Å². The molecule has 0 unspecified atom stereocenters. The maximum Gasteiger partial charge on any atom is 0.323 e. The Morgan fingerprint density at radius 1 is 1.32 bits per heavy atom. The molecule has 0 aliphatic rings. The Bertz CT molecular complexity index is 667. The van der Waals surface area contributed by atoms with Crippen molar-refractivity contribution in [1.82, 2.24) is 15.1 Å². The number of H-pyrrole nitrogens is 1. The minimum Gasteiger partial charge on any atom is -0.480 e. The average molecular weight is 366 g/mol. The Hall–Kier alpha value is -2.15. The van der Waals surface area contributed by atoms with Gasteiger partial charge in [-0.05, 0) is 24.6 Å². The maximum absolute atomic E-state index is 12.4. The first kappa shape index (κ1) is 16.2. The lowest BCUT2D eigenvalue weighted by atomic mass is 10.1. The Morgan fingerprint density at radius 3 is 2.59 bits per heavy atom. The van der Waals surface area contributed by atoms with Gasteiger partial charge in [-0.3, -0.25) is 14.7 Å². The molecule has 1 aromatic heterocycles. The van der Waals surface area contributed by atoms with Gasteiger partial charge in [0.05, 0.1) is 5.69 Å². The molecule has 0 saturated heterocycles. The lowest BCUT2D eigenvalue weighted by Gasteiger charge is -2.18. The third-order valence-corrected chi connectivity index (χ3v) is 3.58. The molecule has 0 aliphatic heterocycles. The van der Waals surface area contributed by atoms with E-state index in [0.29, 0.717) is 18.7 Å². The largest absolute Gasteiger partial charge is 0.480 e. The van der Waals surface area contributed by atoms with Crippen LogP contribution in [-0.2, 0) is 4.79 Å². The van der Waals surface area contributed by atoms with Crippen LogP contribution in [0.3, 0.4) is 0 Å². The molecule has 0 radical (unpaired) electrons. The summed E-state index contributed by atoms with van der Waals surface area (Å²) in [5.41, 5.74) is 1.80. The van der Waals surface area contributed by atoms with Crippen molar-refractivity contribution in [3.63, 3.8) is 0 Å². The number of aliphatic carboxylic acids is 1. The number of rotatable bonds is 6. The number of halogens is 1. The van der Waals surface area contributed by atoms with Crippen LogP contribution in [0.1, 0.15) is 23.8 Å². The van der Waals surface area contributed by atoms with Gasteiger partial charge in [0.25, 0.3) is 5.91 Å². The molecule has 2 aromatic rings. The Labute approximate surface area is 136 Å². The van der Waals surface area contributed by atoms with E-state index in [0.717, 1.165) is 10.0 Å². The Kier molecular flexibility index (Phi) is 5.32. The van der Waals surface area contributed by atoms with E-state index in [1.165, 1.54) is 4.90 Å². The summed E-state index contributed by atoms with van der Waals surface area (Å²) in [5, 5.41) is 15.7. The standard InChI is InChI=1S/C15H16BrN3O3/c1-2-7-19(9-14(20)21)15(22)13-8-12(17-18-13)10-3-5-11(16)6-4-10/h3-6,8H,2,7,9H2,1H3,(H,17,18)(H,20,21). The summed E-state index contributed by atoms with van der Waals surface area (Å²) in [7, 11) is 0. The predicted molar refractivity (Wildman–Crippen MR) is 85.6 cm³/mol. The van der Waals surface area contributed by atoms with E-state index in [4.69, 9.17) is 5.11 Å². The van der Waals surface area contributed by atoms with Crippen molar-refractivity contribution in [2.45, 2.75) is 13.3 Å². The average Bonchev–Trinajstić information content (AvgIpc) is 2.96. The number of aromatic amines is 1. The number of benzene rings is 1. The van der Waals surface area contributed by atoms with Crippen molar-refractivity contribution in [1.29, 1.82) is 0 Å². The lowest BCUT2D eigenvalue weighted by molar-refractivity contribution is -0.137. The minimum atomic E-state index is -1.03. The first-order valence-electron chi connectivity index (χ1n) is 6.83. The predicted octanol–water partition coefficient (Wildman–Crippen LogP) is 2.78. The van der Waals surface area contributed by atoms with Crippen molar-refractivity contribution >= 4 is 27.8 Å². The van der Waals surface area contributed by atoms with Crippen LogP contribution in [0.15, 0.2) is 34.8 Å². The lowest BCUT2D eigenvalue weighted by Crippen LogP contribution is -2.36. The van der Waals surface area contributed by atoms with Crippen molar-refractivity contribution in [3.05, 3.63) is 40.5 Å². The molecule has 6 nitrogen and oxygen atoms in total. The molecular formula is C15H16BrN3O3. The van der Waals surface area contributed by atoms with Crippen molar-refractivity contribution in [2.75, 3.05) is 13.1 Å². The van der Waals surface area contributed by atoms with Crippen molar-refractivity contribution in [3.8, 4) is 11.3 Å². The molecule has 0 spiro atoms. The van der Waals surface area contributed by atoms with E-state index >= 15 is 0 Å². The summed E-state index contributed by atoms with van der Waals surface area (Å²) in [6.07, 6.45) is 0.687. The summed E-state index contributed by atoms with van der Waals surface area (Å²) >= 11 is 3.36. The maximum atomic E-state index is 12.4. The van der Waals surface area contributed by atoms with E-state index in [9.17, 15) is 9.59 Å². The fourth-order valence-electron chi connectivity index (χ4n) is 2.06. The summed E-state index contributed by atoms with van der Waals surface area (Å²) in [5.74, 6) is -1.39. The highest BCUT2D eigenvalue weighted by molar-refractivity contribution is 9.10. The second kappa shape index (κ2) is 7.22. The summed E-state index contributed by atoms with van der Waals surface area (Å²) < 4.78 is 0.957. The second-order valence-electron chi connectivity index (χ2n) is 4.79. The van der Waals surface area contributed by atoms with Crippen LogP contribution in [0.2, 0.25) is 0 Å². The third-order valence-electron chi connectivity index (χ3n) is 3.06. The normalized spacial score (nSPS) is 10.5. The fourth-order valence-corrected chi connectivity index (χ4v) is 2.32. The molecule has 0 bridgehead atoms. The van der Waals surface area contributed by atoms with E-state index < -0.39 is 5.97 Å². The van der Waals surface area contributed by atoms with Gasteiger partial charge in [0.1, 0.15) is 12.2 Å². The van der Waals surface area contributed by atoms with Gasteiger partial charge in [-0.1, -0.05) is 35.0 Å². The molecule has 0 atom stereocenters. The number of carboxylic acid groups (broad SMARTS) is 1. The van der Waals surface area contributed by atoms with Gasteiger partial charge in [-0.15, -0.1) is 0 Å². The third kappa shape index (κ3) is 3.94. The summed E-state index contributed by atoms with van der Waals surface area (Å²) in [6, 6.07) is 9.18. The van der Waals surface area contributed by atoms with Gasteiger partial charge in [0.15, 0.2) is 0 Å². The molecule has 1 aromatic carbocycles. The van der Waals surface area contributed by atoms with E-state index in [1.54, 1.807) is 6.07 Å². The molecule has 0 saturated carbocycles. The molecule has 2 rings (SSSR count). The summed E-state index contributed by atoms with van der Waals surface area (Å²) in [4.78, 5) is 24.5. The molecule has 1 heterocycles. The Balaban J connectivity index is 2.20. The van der Waals surface area contributed by atoms with Crippen LogP contribution in [0.25, 0.3) is 11.3 Å². The highest BCUT2D eigenvalue weighted by Gasteiger charge is 2.20. The van der Waals surface area contributed by atoms with E-state index in [1.807, 2.05) is 31.2 Å². The number of carboxylic acids is 1. The Morgan fingerprint density at radius 2 is 2.00 bits per heavy atom. The topological polar surface area (TPSA) is 86.3 Å². The minimum absolute atomic E-state index is 0.285. The van der Waals surface area contributed by atoms with Crippen LogP contribution < -0.4 is 0 Å². The van der Waals surface area contributed by atoms with Crippen LogP contribution >= 0.6 is 15.9 Å². The van der Waals surface area contributed by atoms with Gasteiger partial charge in [-0.25, -0.2) is 0 Å². The van der Waals surface area contributed by atoms with E-state index in [2.05, 4.69) is 26.1 Å². The highest BCUT2D eigenvalue weighted by Crippen LogP contribution is 2.21. The van der Waals surface area contributed by atoms with Crippen molar-refractivity contribution < 1.29 is 14.7 Å². The van der Waals surface area contributed by atoms with Gasteiger partial charge in [-0.2, -0.15) is 5.10 Å². The molecular weight excluding hydrogens is 350 g/mol. The smallest absolute Gasteiger partial charge is 0.323 e. The first-order chi connectivity index (χ1) is 10.5. The monoisotopic (exact) mass is 365 g/mol. The summed E-state index contributed by atoms with van der Waals surface area (Å²) in [6.45, 7) is 1.96. The molecule has 2 N–H and O–H groups in total. The SMILES string of the molecule is CCCN(CC(=O)O)C(=O)c1cc(-c2ccc(Br)cc2)n[nH]1. The fraction of sp³-hybridized carbons (Fsp3) is 0.267. The van der Waals surface area contributed by atoms with Crippen LogP contribution in [0, 0.1) is 0 Å². The molecule has 1 amide bonds. The number of carbonyl (C=O) groups excluding carboxylic acids is 1. The zero-order valence-electron chi connectivity index (χ0n) is 12.0. The zero-order valence-corrected chi connectivity index (χ0v) is 13.6. The van der Waals surface area contributed by atoms with Crippen molar-refractivity contribution in [2.24, 2.45) is 0 Å². The second-order valence-corrected chi connectivity index (χ2v) is 5.71. The molecule has 0 aliphatic carbocycles. The van der Waals surface area contributed by atoms with Gasteiger partial charge in [0, 0.05) is 16.6 Å². The quantitative estimate of drug-likeness (QED) is 0.823.